The van der Waals surface area contributed by atoms with Gasteiger partial charge in [-0.05, 0) is 30.7 Å². The Morgan fingerprint density at radius 1 is 1.10 bits per heavy atom. The molecule has 0 bridgehead atoms. The van der Waals surface area contributed by atoms with E-state index < -0.39 is 52.1 Å². The van der Waals surface area contributed by atoms with Crippen molar-refractivity contribution in [2.75, 3.05) is 12.4 Å². The second kappa shape index (κ2) is 8.38. The molecule has 1 amide bonds. The molecular formula is C19H15F6N3O. The van der Waals surface area contributed by atoms with Gasteiger partial charge < -0.3 is 11.1 Å². The minimum absolute atomic E-state index is 0.252. The first-order chi connectivity index (χ1) is 13.5. The fraction of sp³-hybridized carbons (Fsp3) is 0.158. The van der Waals surface area contributed by atoms with Gasteiger partial charge in [-0.3, -0.25) is 9.79 Å². The molecule has 154 valence electrons. The number of rotatable bonds is 4. The molecule has 0 radical (unpaired) electrons. The summed E-state index contributed by atoms with van der Waals surface area (Å²) >= 11 is 0. The highest BCUT2D eigenvalue weighted by molar-refractivity contribution is 6.11. The summed E-state index contributed by atoms with van der Waals surface area (Å²) in [6.07, 6.45) is -4.36. The van der Waals surface area contributed by atoms with Crippen molar-refractivity contribution in [3.63, 3.8) is 0 Å². The van der Waals surface area contributed by atoms with E-state index in [9.17, 15) is 31.1 Å². The van der Waals surface area contributed by atoms with Crippen LogP contribution in [-0.4, -0.2) is 25.3 Å². The predicted molar refractivity (Wildman–Crippen MR) is 97.0 cm³/mol. The highest BCUT2D eigenvalue weighted by Gasteiger charge is 2.35. The van der Waals surface area contributed by atoms with Crippen LogP contribution in [0.5, 0.6) is 0 Å². The van der Waals surface area contributed by atoms with Gasteiger partial charge in [-0.25, -0.2) is 13.2 Å². The molecule has 0 aliphatic heterocycles. The van der Waals surface area contributed by atoms with E-state index in [1.54, 1.807) is 0 Å². The quantitative estimate of drug-likeness (QED) is 0.566. The van der Waals surface area contributed by atoms with Crippen LogP contribution in [0, 0.1) is 24.4 Å². The first kappa shape index (κ1) is 22.0. The second-order valence-corrected chi connectivity index (χ2v) is 5.89. The minimum atomic E-state index is -5.01. The van der Waals surface area contributed by atoms with Gasteiger partial charge >= 0.3 is 6.18 Å². The summed E-state index contributed by atoms with van der Waals surface area (Å²) in [4.78, 5) is 15.6. The molecule has 3 N–H and O–H groups in total. The summed E-state index contributed by atoms with van der Waals surface area (Å²) in [5.41, 5.74) is 0.869. The van der Waals surface area contributed by atoms with Crippen LogP contribution in [0.3, 0.4) is 0 Å². The molecule has 0 unspecified atom stereocenters. The third-order valence-corrected chi connectivity index (χ3v) is 3.92. The van der Waals surface area contributed by atoms with E-state index in [-0.39, 0.29) is 11.1 Å². The Hall–Kier alpha value is -3.30. The summed E-state index contributed by atoms with van der Waals surface area (Å²) < 4.78 is 81.5. The van der Waals surface area contributed by atoms with E-state index in [2.05, 4.69) is 4.99 Å². The van der Waals surface area contributed by atoms with Gasteiger partial charge in [-0.1, -0.05) is 12.1 Å². The van der Waals surface area contributed by atoms with Crippen molar-refractivity contribution >= 4 is 23.4 Å². The molecule has 0 aromatic heterocycles. The zero-order chi connectivity index (χ0) is 21.9. The van der Waals surface area contributed by atoms with Gasteiger partial charge in [0.15, 0.2) is 11.6 Å². The standard InChI is InChI=1S/C19H15F6N3O/c1-9-4-3-5-12(20)14(9)18(29)28-13-7-6-10(15(21)16(13)22)11(8-27-2)17(26)19(23,24)25/h3-8H,26H2,1-2H3,(H,28,29). The largest absolute Gasteiger partial charge is 0.431 e. The second-order valence-electron chi connectivity index (χ2n) is 5.89. The molecule has 0 saturated carbocycles. The van der Waals surface area contributed by atoms with Crippen LogP contribution < -0.4 is 11.1 Å². The summed E-state index contributed by atoms with van der Waals surface area (Å²) in [7, 11) is 1.13. The third-order valence-electron chi connectivity index (χ3n) is 3.92. The number of allylic oxidation sites excluding steroid dienone is 2. The lowest BCUT2D eigenvalue weighted by Gasteiger charge is -2.14. The number of nitrogens with two attached hydrogens (primary N) is 1. The van der Waals surface area contributed by atoms with Crippen LogP contribution in [0.15, 0.2) is 41.0 Å². The molecule has 0 fully saturated rings. The van der Waals surface area contributed by atoms with Gasteiger partial charge in [-0.2, -0.15) is 13.2 Å². The van der Waals surface area contributed by atoms with Crippen molar-refractivity contribution in [2.45, 2.75) is 13.1 Å². The number of hydrogen-bond acceptors (Lipinski definition) is 3. The normalized spacial score (nSPS) is 12.8. The molecule has 4 nitrogen and oxygen atoms in total. The lowest BCUT2D eigenvalue weighted by Crippen LogP contribution is -2.22. The van der Waals surface area contributed by atoms with Gasteiger partial charge in [-0.15, -0.1) is 0 Å². The summed E-state index contributed by atoms with van der Waals surface area (Å²) in [6, 6.07) is 5.47. The number of carbonyl (C=O) groups is 1. The van der Waals surface area contributed by atoms with Gasteiger partial charge in [0.2, 0.25) is 0 Å². The number of anilines is 1. The van der Waals surface area contributed by atoms with Gasteiger partial charge in [0.25, 0.3) is 5.91 Å². The SMILES string of the molecule is CN=CC(=C(N)C(F)(F)F)c1ccc(NC(=O)c2c(C)cccc2F)c(F)c1F. The molecule has 2 aromatic rings. The van der Waals surface area contributed by atoms with Crippen LogP contribution in [-0.2, 0) is 0 Å². The highest BCUT2D eigenvalue weighted by atomic mass is 19.4. The van der Waals surface area contributed by atoms with E-state index in [4.69, 9.17) is 5.73 Å². The first-order valence-electron chi connectivity index (χ1n) is 8.03. The zero-order valence-corrected chi connectivity index (χ0v) is 15.2. The Balaban J connectivity index is 2.50. The number of benzene rings is 2. The van der Waals surface area contributed by atoms with Crippen LogP contribution in [0.25, 0.3) is 5.57 Å². The number of aliphatic imine (C=N–C) groups is 1. The maximum absolute atomic E-state index is 14.5. The van der Waals surface area contributed by atoms with E-state index in [1.165, 1.54) is 19.1 Å². The molecule has 0 spiro atoms. The van der Waals surface area contributed by atoms with Crippen LogP contribution in [0.4, 0.5) is 32.0 Å². The zero-order valence-electron chi connectivity index (χ0n) is 15.2. The van der Waals surface area contributed by atoms with Gasteiger partial charge in [0.05, 0.1) is 11.3 Å². The number of halogens is 6. The van der Waals surface area contributed by atoms with E-state index in [1.807, 2.05) is 5.32 Å². The Morgan fingerprint density at radius 3 is 2.31 bits per heavy atom. The molecule has 0 saturated heterocycles. The first-order valence-corrected chi connectivity index (χ1v) is 8.03. The summed E-state index contributed by atoms with van der Waals surface area (Å²) in [5, 5.41) is 2.01. The van der Waals surface area contributed by atoms with Crippen molar-refractivity contribution in [1.29, 1.82) is 0 Å². The molecule has 2 aromatic carbocycles. The highest BCUT2D eigenvalue weighted by Crippen LogP contribution is 2.32. The Morgan fingerprint density at radius 2 is 1.76 bits per heavy atom. The lowest BCUT2D eigenvalue weighted by atomic mass is 10.0. The Bertz CT molecular complexity index is 991. The van der Waals surface area contributed by atoms with Crippen molar-refractivity contribution in [2.24, 2.45) is 10.7 Å². The number of amides is 1. The molecule has 0 atom stereocenters. The third kappa shape index (κ3) is 4.58. The average molecular weight is 415 g/mol. The summed E-state index contributed by atoms with van der Waals surface area (Å²) in [6.45, 7) is 1.44. The van der Waals surface area contributed by atoms with Crippen molar-refractivity contribution in [3.8, 4) is 0 Å². The van der Waals surface area contributed by atoms with E-state index in [0.29, 0.717) is 6.21 Å². The Labute approximate surface area is 161 Å². The number of aryl methyl sites for hydroxylation is 1. The van der Waals surface area contributed by atoms with Crippen molar-refractivity contribution < 1.29 is 31.1 Å². The van der Waals surface area contributed by atoms with Crippen LogP contribution >= 0.6 is 0 Å². The summed E-state index contributed by atoms with van der Waals surface area (Å²) in [5.74, 6) is -5.24. The van der Waals surface area contributed by atoms with Crippen LogP contribution in [0.1, 0.15) is 21.5 Å². The number of nitrogens with zero attached hydrogens (tertiary/aromatic N) is 1. The van der Waals surface area contributed by atoms with Crippen LogP contribution in [0.2, 0.25) is 0 Å². The average Bonchev–Trinajstić information content (AvgIpc) is 2.63. The fourth-order valence-corrected chi connectivity index (χ4v) is 2.52. The van der Waals surface area contributed by atoms with Crippen molar-refractivity contribution in [1.82, 2.24) is 0 Å². The maximum atomic E-state index is 14.5. The van der Waals surface area contributed by atoms with Gasteiger partial charge in [0.1, 0.15) is 11.5 Å². The van der Waals surface area contributed by atoms with E-state index in [0.717, 1.165) is 25.2 Å². The molecule has 2 rings (SSSR count). The molecule has 0 aliphatic rings. The number of alkyl halides is 3. The minimum Gasteiger partial charge on any atom is -0.394 e. The number of hydrogen-bond donors (Lipinski definition) is 2. The molecule has 29 heavy (non-hydrogen) atoms. The smallest absolute Gasteiger partial charge is 0.394 e. The Kier molecular flexibility index (Phi) is 6.35. The number of nitrogens with one attached hydrogen (secondary N) is 1. The molecule has 10 heteroatoms. The fourth-order valence-electron chi connectivity index (χ4n) is 2.52. The van der Waals surface area contributed by atoms with Crippen molar-refractivity contribution in [3.05, 3.63) is 70.2 Å². The monoisotopic (exact) mass is 415 g/mol. The topological polar surface area (TPSA) is 67.5 Å². The lowest BCUT2D eigenvalue weighted by molar-refractivity contribution is -0.0918. The molecule has 0 aliphatic carbocycles. The van der Waals surface area contributed by atoms with E-state index >= 15 is 0 Å². The molecule has 0 heterocycles. The molecular weight excluding hydrogens is 400 g/mol. The predicted octanol–water partition coefficient (Wildman–Crippen LogP) is 4.60. The maximum Gasteiger partial charge on any atom is 0.431 e. The van der Waals surface area contributed by atoms with Gasteiger partial charge in [0, 0.05) is 24.4 Å². The number of carbonyl (C=O) groups excluding carboxylic acids is 1.